The summed E-state index contributed by atoms with van der Waals surface area (Å²) in [4.78, 5) is 39.0. The van der Waals surface area contributed by atoms with Crippen LogP contribution in [-0.2, 0) is 23.7 Å². The summed E-state index contributed by atoms with van der Waals surface area (Å²) in [7, 11) is 1.59. The molecule has 2 heterocycles. The van der Waals surface area contributed by atoms with Crippen LogP contribution in [0.4, 0.5) is 4.79 Å². The zero-order valence-electron chi connectivity index (χ0n) is 20.8. The molecule has 0 bridgehead atoms. The van der Waals surface area contributed by atoms with Crippen molar-refractivity contribution < 1.29 is 38.6 Å². The zero-order valence-corrected chi connectivity index (χ0v) is 20.8. The van der Waals surface area contributed by atoms with Gasteiger partial charge < -0.3 is 24.3 Å². The van der Waals surface area contributed by atoms with Crippen LogP contribution in [0, 0.1) is 17.8 Å². The van der Waals surface area contributed by atoms with Crippen LogP contribution in [0.3, 0.4) is 0 Å². The van der Waals surface area contributed by atoms with E-state index in [1.54, 1.807) is 19.2 Å². The Kier molecular flexibility index (Phi) is 7.97. The standard InChI is InChI=1S/C26H32BNO8/c1-4-15(11-16-7-5-6-8-20(16)29)9-10-21-22-17(14-34-2)12-18-23(19(22)13-27(33)36-21)25(31)28(24(18)30)26(32)35-3/h5-8,11,18-19,21,23,29,33H,4,9-10,12-14H2,1-3H3/b15-11+/t18-,19+,21-,23-/m1/s1. The smallest absolute Gasteiger partial charge is 0.455 e. The average Bonchev–Trinajstić information content (AvgIpc) is 3.11. The number of carbonyl (C=O) groups excluding carboxylic acids is 3. The Balaban J connectivity index is 1.64. The highest BCUT2D eigenvalue weighted by Gasteiger charge is 2.59. The first-order chi connectivity index (χ1) is 17.3. The van der Waals surface area contributed by atoms with Gasteiger partial charge in [0.2, 0.25) is 11.8 Å². The third-order valence-corrected chi connectivity index (χ3v) is 7.46. The molecule has 1 aromatic rings. The van der Waals surface area contributed by atoms with E-state index in [1.807, 2.05) is 25.1 Å². The van der Waals surface area contributed by atoms with E-state index in [-0.39, 0.29) is 25.1 Å². The molecule has 36 heavy (non-hydrogen) atoms. The number of para-hydroxylation sites is 1. The molecule has 2 N–H and O–H groups in total. The molecular formula is C26H32BNO8. The van der Waals surface area contributed by atoms with Gasteiger partial charge in [0.05, 0.1) is 31.7 Å². The molecule has 1 aliphatic carbocycles. The van der Waals surface area contributed by atoms with Crippen molar-refractivity contribution in [2.75, 3.05) is 20.8 Å². The van der Waals surface area contributed by atoms with Gasteiger partial charge in [0.1, 0.15) is 5.75 Å². The molecule has 4 rings (SSSR count). The second kappa shape index (κ2) is 11.0. The molecular weight excluding hydrogens is 465 g/mol. The van der Waals surface area contributed by atoms with Crippen molar-refractivity contribution in [1.29, 1.82) is 0 Å². The summed E-state index contributed by atoms with van der Waals surface area (Å²) in [6, 6.07) is 7.12. The molecule has 4 atom stereocenters. The number of rotatable bonds is 7. The molecule has 192 valence electrons. The predicted octanol–water partition coefficient (Wildman–Crippen LogP) is 3.18. The summed E-state index contributed by atoms with van der Waals surface area (Å²) in [5, 5.41) is 20.7. The fourth-order valence-electron chi connectivity index (χ4n) is 5.84. The molecule has 2 fully saturated rings. The van der Waals surface area contributed by atoms with E-state index in [1.165, 1.54) is 0 Å². The number of likely N-dealkylation sites (tertiary alicyclic amines) is 1. The number of ether oxygens (including phenoxy) is 2. The number of amides is 3. The fourth-order valence-corrected chi connectivity index (χ4v) is 5.84. The number of aromatic hydroxyl groups is 1. The number of imide groups is 3. The number of phenolic OH excluding ortho intramolecular Hbond substituents is 1. The van der Waals surface area contributed by atoms with Gasteiger partial charge in [-0.2, -0.15) is 4.90 Å². The maximum atomic E-state index is 13.2. The maximum absolute atomic E-state index is 13.2. The van der Waals surface area contributed by atoms with E-state index >= 15 is 0 Å². The van der Waals surface area contributed by atoms with Crippen molar-refractivity contribution in [1.82, 2.24) is 4.90 Å². The molecule has 3 amide bonds. The van der Waals surface area contributed by atoms with Gasteiger partial charge in [-0.1, -0.05) is 36.8 Å². The summed E-state index contributed by atoms with van der Waals surface area (Å²) in [6.45, 7) is 2.30. The van der Waals surface area contributed by atoms with Crippen molar-refractivity contribution >= 4 is 31.1 Å². The van der Waals surface area contributed by atoms with Crippen molar-refractivity contribution in [3.05, 3.63) is 46.5 Å². The third-order valence-electron chi connectivity index (χ3n) is 7.46. The Labute approximate surface area is 210 Å². The summed E-state index contributed by atoms with van der Waals surface area (Å²) < 4.78 is 16.1. The van der Waals surface area contributed by atoms with Crippen molar-refractivity contribution in [3.63, 3.8) is 0 Å². The Morgan fingerprint density at radius 3 is 2.64 bits per heavy atom. The van der Waals surface area contributed by atoms with Crippen LogP contribution in [-0.4, -0.2) is 67.0 Å². The first-order valence-corrected chi connectivity index (χ1v) is 12.3. The predicted molar refractivity (Wildman–Crippen MR) is 132 cm³/mol. The van der Waals surface area contributed by atoms with E-state index < -0.39 is 48.9 Å². The summed E-state index contributed by atoms with van der Waals surface area (Å²) >= 11 is 0. The topological polar surface area (TPSA) is 123 Å². The van der Waals surface area contributed by atoms with Gasteiger partial charge in [0.25, 0.3) is 0 Å². The van der Waals surface area contributed by atoms with Crippen molar-refractivity contribution in [2.24, 2.45) is 17.8 Å². The first-order valence-electron chi connectivity index (χ1n) is 12.3. The molecule has 0 saturated carbocycles. The molecule has 3 aliphatic rings. The lowest BCUT2D eigenvalue weighted by Crippen LogP contribution is -2.46. The molecule has 0 spiro atoms. The quantitative estimate of drug-likeness (QED) is 0.335. The van der Waals surface area contributed by atoms with Crippen LogP contribution >= 0.6 is 0 Å². The number of carbonyl (C=O) groups is 3. The van der Waals surface area contributed by atoms with E-state index in [0.717, 1.165) is 35.8 Å². The minimum atomic E-state index is -1.10. The molecule has 0 aromatic heterocycles. The van der Waals surface area contributed by atoms with Gasteiger partial charge in [-0.15, -0.1) is 0 Å². The van der Waals surface area contributed by atoms with Crippen LogP contribution in [0.1, 0.15) is 38.2 Å². The Morgan fingerprint density at radius 2 is 1.97 bits per heavy atom. The van der Waals surface area contributed by atoms with Gasteiger partial charge in [0, 0.05) is 12.7 Å². The van der Waals surface area contributed by atoms with Crippen LogP contribution in [0.2, 0.25) is 6.32 Å². The maximum Gasteiger partial charge on any atom is 0.455 e. The highest BCUT2D eigenvalue weighted by atomic mass is 16.5. The van der Waals surface area contributed by atoms with Crippen LogP contribution < -0.4 is 0 Å². The number of benzene rings is 1. The van der Waals surface area contributed by atoms with Crippen molar-refractivity contribution in [2.45, 2.75) is 45.0 Å². The van der Waals surface area contributed by atoms with Gasteiger partial charge in [-0.05, 0) is 55.1 Å². The fraction of sp³-hybridized carbons (Fsp3) is 0.500. The van der Waals surface area contributed by atoms with E-state index in [9.17, 15) is 24.5 Å². The number of hydrogen-bond donors (Lipinski definition) is 2. The van der Waals surface area contributed by atoms with E-state index in [4.69, 9.17) is 9.39 Å². The Hall–Kier alpha value is -2.95. The highest BCUT2D eigenvalue weighted by molar-refractivity contribution is 6.43. The highest BCUT2D eigenvalue weighted by Crippen LogP contribution is 2.50. The number of hydrogen-bond acceptors (Lipinski definition) is 8. The van der Waals surface area contributed by atoms with Gasteiger partial charge in [-0.25, -0.2) is 4.79 Å². The number of methoxy groups -OCH3 is 2. The van der Waals surface area contributed by atoms with Crippen LogP contribution in [0.15, 0.2) is 41.0 Å². The molecule has 1 aromatic carbocycles. The molecule has 2 aliphatic heterocycles. The normalized spacial score (nSPS) is 26.3. The van der Waals surface area contributed by atoms with Crippen LogP contribution in [0.5, 0.6) is 5.75 Å². The number of nitrogens with zero attached hydrogens (tertiary/aromatic N) is 1. The zero-order chi connectivity index (χ0) is 26.0. The first kappa shape index (κ1) is 26.1. The lowest BCUT2D eigenvalue weighted by Gasteiger charge is -2.43. The minimum absolute atomic E-state index is 0.155. The number of fused-ring (bicyclic) bond motifs is 3. The number of phenols is 1. The second-order valence-electron chi connectivity index (χ2n) is 9.49. The second-order valence-corrected chi connectivity index (χ2v) is 9.49. The summed E-state index contributed by atoms with van der Waals surface area (Å²) in [6.07, 6.45) is 2.90. The van der Waals surface area contributed by atoms with Crippen molar-refractivity contribution in [3.8, 4) is 5.75 Å². The summed E-state index contributed by atoms with van der Waals surface area (Å²) in [5.41, 5.74) is 3.59. The van der Waals surface area contributed by atoms with Gasteiger partial charge in [0.15, 0.2) is 0 Å². The lowest BCUT2D eigenvalue weighted by molar-refractivity contribution is -0.137. The summed E-state index contributed by atoms with van der Waals surface area (Å²) in [5.74, 6) is -2.85. The Morgan fingerprint density at radius 1 is 1.22 bits per heavy atom. The van der Waals surface area contributed by atoms with Crippen LogP contribution in [0.25, 0.3) is 6.08 Å². The van der Waals surface area contributed by atoms with E-state index in [2.05, 4.69) is 4.74 Å². The number of allylic oxidation sites excluding steroid dienone is 1. The molecule has 0 radical (unpaired) electrons. The largest absolute Gasteiger partial charge is 0.507 e. The average molecular weight is 497 g/mol. The Bertz CT molecular complexity index is 1100. The minimum Gasteiger partial charge on any atom is -0.507 e. The monoisotopic (exact) mass is 497 g/mol. The van der Waals surface area contributed by atoms with Gasteiger partial charge >= 0.3 is 13.2 Å². The molecule has 10 heteroatoms. The molecule has 2 saturated heterocycles. The molecule has 0 unspecified atom stereocenters. The SMILES string of the molecule is CC/C(=C\c1ccccc1O)CC[C@H]1OB(O)C[C@H]2C1=C(COC)C[C@H]1C(=O)N(C(=O)OC)C(=O)[C@H]12. The third kappa shape index (κ3) is 4.85. The van der Waals surface area contributed by atoms with Gasteiger partial charge in [-0.3, -0.25) is 9.59 Å². The molecule has 9 nitrogen and oxygen atoms in total. The lowest BCUT2D eigenvalue weighted by atomic mass is 9.58. The van der Waals surface area contributed by atoms with E-state index in [0.29, 0.717) is 17.7 Å².